The molecule has 1 fully saturated rings. The van der Waals surface area contributed by atoms with Crippen molar-refractivity contribution < 1.29 is 9.59 Å². The summed E-state index contributed by atoms with van der Waals surface area (Å²) in [5.74, 6) is 1.27. The van der Waals surface area contributed by atoms with E-state index in [2.05, 4.69) is 18.5 Å². The summed E-state index contributed by atoms with van der Waals surface area (Å²) in [7, 11) is 0. The van der Waals surface area contributed by atoms with E-state index >= 15 is 0 Å². The van der Waals surface area contributed by atoms with Crippen LogP contribution in [0.25, 0.3) is 0 Å². The lowest BCUT2D eigenvalue weighted by Crippen LogP contribution is -2.70. The number of carbonyl (C=O) groups excluding carboxylic acids is 2. The van der Waals surface area contributed by atoms with Crippen LogP contribution in [0.15, 0.2) is 0 Å². The molecule has 1 N–H and O–H groups in total. The molecule has 0 aromatic carbocycles. The average molecular weight is 300 g/mol. The Labute approximate surface area is 127 Å². The summed E-state index contributed by atoms with van der Waals surface area (Å²) in [5, 5.41) is 2.94. The van der Waals surface area contributed by atoms with E-state index in [-0.39, 0.29) is 23.8 Å². The van der Waals surface area contributed by atoms with Gasteiger partial charge in [-0.1, -0.05) is 27.2 Å². The van der Waals surface area contributed by atoms with E-state index < -0.39 is 5.54 Å². The Balaban J connectivity index is 2.95. The van der Waals surface area contributed by atoms with Gasteiger partial charge in [0.1, 0.15) is 11.6 Å². The lowest BCUT2D eigenvalue weighted by Gasteiger charge is -2.47. The molecule has 116 valence electrons. The number of thioether (sulfide) groups is 1. The largest absolute Gasteiger partial charge is 0.342 e. The predicted molar refractivity (Wildman–Crippen MR) is 84.8 cm³/mol. The molecule has 1 heterocycles. The van der Waals surface area contributed by atoms with E-state index in [1.165, 1.54) is 0 Å². The fraction of sp³-hybridized carbons (Fsp3) is 0.867. The highest BCUT2D eigenvalue weighted by Crippen LogP contribution is 2.28. The van der Waals surface area contributed by atoms with Gasteiger partial charge in [-0.3, -0.25) is 9.59 Å². The standard InChI is InChI=1S/C15H28N2O2S/c1-6-11(3)12-13(18)17(9-8-10-20-5)15(4,7-2)14(19)16-12/h11-12H,6-10H2,1-5H3,(H,16,19). The van der Waals surface area contributed by atoms with Crippen LogP contribution >= 0.6 is 11.8 Å². The van der Waals surface area contributed by atoms with Crippen LogP contribution in [0.4, 0.5) is 0 Å². The molecule has 2 amide bonds. The molecule has 3 unspecified atom stereocenters. The van der Waals surface area contributed by atoms with Crippen LogP contribution in [-0.4, -0.2) is 46.8 Å². The van der Waals surface area contributed by atoms with Crippen LogP contribution in [0.3, 0.4) is 0 Å². The third-order valence-corrected chi connectivity index (χ3v) is 5.23. The van der Waals surface area contributed by atoms with Gasteiger partial charge in [0, 0.05) is 6.54 Å². The molecule has 20 heavy (non-hydrogen) atoms. The minimum absolute atomic E-state index is 0.00551. The lowest BCUT2D eigenvalue weighted by molar-refractivity contribution is -0.158. The second kappa shape index (κ2) is 7.34. The molecule has 1 aliphatic heterocycles. The van der Waals surface area contributed by atoms with E-state index in [1.807, 2.05) is 25.7 Å². The van der Waals surface area contributed by atoms with Crippen molar-refractivity contribution in [3.8, 4) is 0 Å². The van der Waals surface area contributed by atoms with Crippen LogP contribution in [0, 0.1) is 5.92 Å². The molecule has 0 aromatic heterocycles. The zero-order valence-electron chi connectivity index (χ0n) is 13.4. The van der Waals surface area contributed by atoms with Gasteiger partial charge in [-0.25, -0.2) is 0 Å². The molecule has 0 radical (unpaired) electrons. The van der Waals surface area contributed by atoms with E-state index in [1.54, 1.807) is 11.8 Å². The van der Waals surface area contributed by atoms with E-state index in [4.69, 9.17) is 0 Å². The Hall–Kier alpha value is -0.710. The Kier molecular flexibility index (Phi) is 6.37. The lowest BCUT2D eigenvalue weighted by atomic mass is 9.86. The summed E-state index contributed by atoms with van der Waals surface area (Å²) in [6.07, 6.45) is 4.53. The number of rotatable bonds is 7. The molecule has 0 saturated carbocycles. The Morgan fingerprint density at radius 1 is 1.40 bits per heavy atom. The molecule has 4 nitrogen and oxygen atoms in total. The maximum Gasteiger partial charge on any atom is 0.246 e. The van der Waals surface area contributed by atoms with Gasteiger partial charge >= 0.3 is 0 Å². The van der Waals surface area contributed by atoms with Crippen LogP contribution in [-0.2, 0) is 9.59 Å². The van der Waals surface area contributed by atoms with Crippen molar-refractivity contribution in [3.05, 3.63) is 0 Å². The first-order valence-corrected chi connectivity index (χ1v) is 8.93. The van der Waals surface area contributed by atoms with Gasteiger partial charge in [-0.2, -0.15) is 11.8 Å². The van der Waals surface area contributed by atoms with Crippen molar-refractivity contribution in [2.45, 2.75) is 58.5 Å². The maximum atomic E-state index is 12.7. The van der Waals surface area contributed by atoms with E-state index in [0.717, 1.165) is 18.6 Å². The molecule has 0 aliphatic carbocycles. The SMILES string of the molecule is CCC(C)C1NC(=O)C(C)(CC)N(CCCSC)C1=O. The summed E-state index contributed by atoms with van der Waals surface area (Å²) in [6, 6.07) is -0.360. The zero-order chi connectivity index (χ0) is 15.3. The normalized spacial score (nSPS) is 28.4. The number of hydrogen-bond acceptors (Lipinski definition) is 3. The number of nitrogens with zero attached hydrogens (tertiary/aromatic N) is 1. The first-order chi connectivity index (χ1) is 9.42. The first kappa shape index (κ1) is 17.3. The fourth-order valence-electron chi connectivity index (χ4n) is 2.59. The smallest absolute Gasteiger partial charge is 0.246 e. The van der Waals surface area contributed by atoms with Crippen LogP contribution in [0.1, 0.15) is 47.0 Å². The van der Waals surface area contributed by atoms with Gasteiger partial charge < -0.3 is 10.2 Å². The summed E-state index contributed by atoms with van der Waals surface area (Å²) in [5.41, 5.74) is -0.695. The molecule has 1 aliphatic rings. The van der Waals surface area contributed by atoms with Crippen molar-refractivity contribution in [2.24, 2.45) is 5.92 Å². The summed E-state index contributed by atoms with van der Waals surface area (Å²) in [4.78, 5) is 27.0. The average Bonchev–Trinajstić information content (AvgIpc) is 2.45. The van der Waals surface area contributed by atoms with Crippen LogP contribution < -0.4 is 5.32 Å². The highest BCUT2D eigenvalue weighted by molar-refractivity contribution is 7.98. The second-order valence-electron chi connectivity index (χ2n) is 5.80. The number of hydrogen-bond donors (Lipinski definition) is 1. The first-order valence-electron chi connectivity index (χ1n) is 7.53. The third-order valence-electron chi connectivity index (χ3n) is 4.54. The fourth-order valence-corrected chi connectivity index (χ4v) is 3.01. The van der Waals surface area contributed by atoms with E-state index in [0.29, 0.717) is 13.0 Å². The number of amides is 2. The predicted octanol–water partition coefficient (Wildman–Crippen LogP) is 2.28. The Morgan fingerprint density at radius 2 is 2.05 bits per heavy atom. The molecule has 0 spiro atoms. The molecular formula is C15H28N2O2S. The summed E-state index contributed by atoms with van der Waals surface area (Å²) < 4.78 is 0. The Morgan fingerprint density at radius 3 is 2.55 bits per heavy atom. The molecule has 0 bridgehead atoms. The molecule has 0 aromatic rings. The van der Waals surface area contributed by atoms with Crippen molar-refractivity contribution >= 4 is 23.6 Å². The van der Waals surface area contributed by atoms with Gasteiger partial charge in [-0.15, -0.1) is 0 Å². The summed E-state index contributed by atoms with van der Waals surface area (Å²) >= 11 is 1.77. The second-order valence-corrected chi connectivity index (χ2v) is 6.79. The molecule has 1 rings (SSSR count). The zero-order valence-corrected chi connectivity index (χ0v) is 14.2. The number of piperazine rings is 1. The topological polar surface area (TPSA) is 49.4 Å². The molecule has 5 heteroatoms. The third kappa shape index (κ3) is 3.30. The highest BCUT2D eigenvalue weighted by Gasteiger charge is 2.48. The van der Waals surface area contributed by atoms with Crippen molar-refractivity contribution in [3.63, 3.8) is 0 Å². The quantitative estimate of drug-likeness (QED) is 0.734. The minimum Gasteiger partial charge on any atom is -0.342 e. The van der Waals surface area contributed by atoms with Crippen LogP contribution in [0.5, 0.6) is 0 Å². The molecule has 3 atom stereocenters. The molecule has 1 saturated heterocycles. The van der Waals surface area contributed by atoms with E-state index in [9.17, 15) is 9.59 Å². The monoisotopic (exact) mass is 300 g/mol. The number of nitrogens with one attached hydrogen (secondary N) is 1. The van der Waals surface area contributed by atoms with Gasteiger partial charge in [0.15, 0.2) is 0 Å². The van der Waals surface area contributed by atoms with Crippen molar-refractivity contribution in [1.82, 2.24) is 10.2 Å². The van der Waals surface area contributed by atoms with Crippen molar-refractivity contribution in [2.75, 3.05) is 18.6 Å². The van der Waals surface area contributed by atoms with Gasteiger partial charge in [0.25, 0.3) is 0 Å². The summed E-state index contributed by atoms with van der Waals surface area (Å²) in [6.45, 7) is 8.60. The molecular weight excluding hydrogens is 272 g/mol. The minimum atomic E-state index is -0.695. The Bertz CT molecular complexity index is 362. The van der Waals surface area contributed by atoms with Gasteiger partial charge in [0.05, 0.1) is 0 Å². The highest BCUT2D eigenvalue weighted by atomic mass is 32.2. The van der Waals surface area contributed by atoms with Crippen molar-refractivity contribution in [1.29, 1.82) is 0 Å². The van der Waals surface area contributed by atoms with Gasteiger partial charge in [0.2, 0.25) is 11.8 Å². The number of carbonyl (C=O) groups is 2. The maximum absolute atomic E-state index is 12.7. The van der Waals surface area contributed by atoms with Gasteiger partial charge in [-0.05, 0) is 37.7 Å². The van der Waals surface area contributed by atoms with Crippen LogP contribution in [0.2, 0.25) is 0 Å².